The van der Waals surface area contributed by atoms with Crippen molar-refractivity contribution in [3.8, 4) is 10.4 Å². The summed E-state index contributed by atoms with van der Waals surface area (Å²) < 4.78 is 0. The number of aromatic nitrogens is 1. The van der Waals surface area contributed by atoms with Gasteiger partial charge in [0.15, 0.2) is 0 Å². The van der Waals surface area contributed by atoms with E-state index < -0.39 is 77.2 Å². The second-order valence-corrected chi connectivity index (χ2v) is 20.8. The Bertz CT molecular complexity index is 2660. The molecule has 7 amide bonds. The Morgan fingerprint density at radius 2 is 1.63 bits per heavy atom. The van der Waals surface area contributed by atoms with Gasteiger partial charge in [-0.2, -0.15) is 0 Å². The van der Waals surface area contributed by atoms with Crippen molar-refractivity contribution in [1.82, 2.24) is 25.8 Å². The minimum Gasteiger partial charge on any atom is -0.391 e. The number of halogens is 2. The van der Waals surface area contributed by atoms with Gasteiger partial charge >= 0.3 is 0 Å². The summed E-state index contributed by atoms with van der Waals surface area (Å²) in [6.45, 7) is 9.19. The predicted octanol–water partition coefficient (Wildman–Crippen LogP) is 4.81. The molecular weight excluding hydrogens is 970 g/mol. The van der Waals surface area contributed by atoms with E-state index in [1.165, 1.54) is 9.80 Å². The second kappa shape index (κ2) is 23.1. The number of aliphatic hydroxyl groups is 1. The summed E-state index contributed by atoms with van der Waals surface area (Å²) in [5.41, 5.74) is 18.8. The molecule has 1 saturated heterocycles. The van der Waals surface area contributed by atoms with E-state index in [1.807, 2.05) is 77.1 Å². The first-order valence-electron chi connectivity index (χ1n) is 23.7. The zero-order valence-corrected chi connectivity index (χ0v) is 42.8. The van der Waals surface area contributed by atoms with Gasteiger partial charge in [-0.3, -0.25) is 38.5 Å². The first-order valence-corrected chi connectivity index (χ1v) is 24.9. The summed E-state index contributed by atoms with van der Waals surface area (Å²) in [6.07, 6.45) is 0.663. The van der Waals surface area contributed by atoms with Gasteiger partial charge in [0.05, 0.1) is 50.7 Å². The number of likely N-dealkylation sites (tertiary alicyclic amines) is 1. The first-order chi connectivity index (χ1) is 33.2. The lowest BCUT2D eigenvalue weighted by atomic mass is 9.85. The molecular formula is C51H63Cl2N9O8S. The molecule has 7 rings (SSSR count). The minimum atomic E-state index is -1.22. The maximum atomic E-state index is 14.3. The highest BCUT2D eigenvalue weighted by atomic mass is 35.5. The number of primary amides is 1. The van der Waals surface area contributed by atoms with Crippen molar-refractivity contribution in [1.29, 1.82) is 0 Å². The largest absolute Gasteiger partial charge is 0.391 e. The zero-order chi connectivity index (χ0) is 50.6. The highest BCUT2D eigenvalue weighted by molar-refractivity contribution is 7.13. The number of nitrogens with two attached hydrogens (primary N) is 2. The quantitative estimate of drug-likeness (QED) is 0.0760. The van der Waals surface area contributed by atoms with Crippen molar-refractivity contribution in [2.24, 2.45) is 16.9 Å². The molecule has 1 fully saturated rings. The average Bonchev–Trinajstić information content (AvgIpc) is 4.03. The van der Waals surface area contributed by atoms with Crippen molar-refractivity contribution in [2.45, 2.75) is 135 Å². The molecule has 0 saturated carbocycles. The molecule has 3 aliphatic heterocycles. The molecule has 4 heterocycles. The number of amides is 7. The third-order valence-corrected chi connectivity index (χ3v) is 14.7. The Hall–Kier alpha value is -5.92. The smallest absolute Gasteiger partial charge is 0.247 e. The van der Waals surface area contributed by atoms with E-state index in [4.69, 9.17) is 23.1 Å². The number of hydrogen-bond donors (Lipinski definition) is 7. The van der Waals surface area contributed by atoms with Gasteiger partial charge in [0.1, 0.15) is 24.2 Å². The van der Waals surface area contributed by atoms with Crippen LogP contribution in [0.1, 0.15) is 100 Å². The highest BCUT2D eigenvalue weighted by Crippen LogP contribution is 2.39. The number of carbonyl (C=O) groups excluding carboxylic acids is 7. The number of nitrogens with one attached hydrogen (secondary N) is 4. The highest BCUT2D eigenvalue weighted by Gasteiger charge is 2.46. The maximum Gasteiger partial charge on any atom is 0.247 e. The van der Waals surface area contributed by atoms with E-state index in [9.17, 15) is 38.7 Å². The normalized spacial score (nSPS) is 19.6. The first kappa shape index (κ1) is 54.4. The number of hydrogen-bond acceptors (Lipinski definition) is 11. The number of benzene rings is 3. The van der Waals surface area contributed by atoms with Crippen LogP contribution in [0.25, 0.3) is 10.4 Å². The Kier molecular flexibility index (Phi) is 17.7. The number of carbonyl (C=O) groups is 7. The molecule has 17 nitrogen and oxygen atoms in total. The van der Waals surface area contributed by atoms with Gasteiger partial charge in [0, 0.05) is 32.2 Å². The zero-order valence-electron chi connectivity index (χ0n) is 40.5. The molecule has 4 aromatic rings. The number of rotatable bonds is 17. The van der Waals surface area contributed by atoms with Gasteiger partial charge < -0.3 is 42.7 Å². The van der Waals surface area contributed by atoms with Gasteiger partial charge in [-0.05, 0) is 85.3 Å². The van der Waals surface area contributed by atoms with Crippen molar-refractivity contribution < 1.29 is 38.7 Å². The van der Waals surface area contributed by atoms with Crippen LogP contribution in [0.15, 0.2) is 66.2 Å². The topological polar surface area (TPSA) is 259 Å². The van der Waals surface area contributed by atoms with Crippen LogP contribution >= 0.6 is 35.3 Å². The van der Waals surface area contributed by atoms with Crippen LogP contribution in [0.3, 0.4) is 0 Å². The van der Waals surface area contributed by atoms with Gasteiger partial charge in [0.25, 0.3) is 0 Å². The molecule has 380 valence electrons. The third-order valence-electron chi connectivity index (χ3n) is 13.3. The van der Waals surface area contributed by atoms with Gasteiger partial charge in [-0.25, -0.2) is 4.98 Å². The van der Waals surface area contributed by atoms with Crippen molar-refractivity contribution in [2.75, 3.05) is 16.8 Å². The van der Waals surface area contributed by atoms with Crippen LogP contribution in [0.4, 0.5) is 11.4 Å². The number of anilines is 2. The van der Waals surface area contributed by atoms with E-state index in [2.05, 4.69) is 26.3 Å². The predicted molar refractivity (Wildman–Crippen MR) is 275 cm³/mol. The molecule has 1 aromatic heterocycles. The lowest BCUT2D eigenvalue weighted by Gasteiger charge is -2.35. The lowest BCUT2D eigenvalue weighted by Crippen LogP contribution is -2.57. The van der Waals surface area contributed by atoms with E-state index in [1.54, 1.807) is 35.0 Å². The van der Waals surface area contributed by atoms with E-state index in [0.717, 1.165) is 32.8 Å². The number of nitrogens with zero attached hydrogens (tertiary/aromatic N) is 3. The van der Waals surface area contributed by atoms with Crippen molar-refractivity contribution in [3.05, 3.63) is 99.1 Å². The summed E-state index contributed by atoms with van der Waals surface area (Å²) in [5, 5.41) is 22.4. The van der Waals surface area contributed by atoms with Crippen LogP contribution in [0.5, 0.6) is 0 Å². The molecule has 0 spiro atoms. The molecule has 71 heavy (non-hydrogen) atoms. The molecule has 3 aliphatic rings. The fourth-order valence-electron chi connectivity index (χ4n) is 9.46. The Labute approximate surface area is 428 Å². The maximum absolute atomic E-state index is 14.3. The summed E-state index contributed by atoms with van der Waals surface area (Å²) in [7, 11) is 0. The number of para-hydroxylation sites is 1. The Morgan fingerprint density at radius 3 is 2.31 bits per heavy atom. The van der Waals surface area contributed by atoms with E-state index >= 15 is 0 Å². The molecule has 20 heteroatoms. The summed E-state index contributed by atoms with van der Waals surface area (Å²) in [4.78, 5) is 103. The minimum absolute atomic E-state index is 0. The van der Waals surface area contributed by atoms with Gasteiger partial charge in [-0.1, -0.05) is 87.0 Å². The summed E-state index contributed by atoms with van der Waals surface area (Å²) >= 11 is 8.39. The molecule has 9 N–H and O–H groups in total. The number of aliphatic hydroxyl groups excluding tert-OH is 1. The van der Waals surface area contributed by atoms with Crippen molar-refractivity contribution in [3.63, 3.8) is 0 Å². The summed E-state index contributed by atoms with van der Waals surface area (Å²) in [6, 6.07) is 13.2. The summed E-state index contributed by atoms with van der Waals surface area (Å²) in [5.74, 6) is -3.59. The molecule has 1 unspecified atom stereocenters. The fraction of sp³-hybridized carbons (Fsp3) is 0.451. The molecule has 3 aromatic carbocycles. The number of aryl methyl sites for hydroxylation is 3. The number of β-amino-alcohol motifs (C(OH)–C–C–N with tert-alkyl or cyclic N) is 1. The van der Waals surface area contributed by atoms with Crippen LogP contribution in [0, 0.1) is 12.3 Å². The Balaban J connectivity index is 0.00000825. The van der Waals surface area contributed by atoms with E-state index in [0.29, 0.717) is 36.9 Å². The Morgan fingerprint density at radius 1 is 0.944 bits per heavy atom. The van der Waals surface area contributed by atoms with Crippen molar-refractivity contribution >= 4 is 88.1 Å². The molecule has 0 aliphatic carbocycles. The molecule has 0 bridgehead atoms. The van der Waals surface area contributed by atoms with Crippen LogP contribution in [-0.4, -0.2) is 99.2 Å². The number of thiazole rings is 1. The van der Waals surface area contributed by atoms with Crippen LogP contribution in [0.2, 0.25) is 5.02 Å². The standard InChI is InChI=1S/C51H62ClN9O8S.ClH/c1-27(29-15-17-32(18-16-29)44-28(2)55-26-70-44)56-47(66)38-24-34(62)25-60(38)50(69)45(51(3,4)5)59-41(64)14-8-10-30-9-7-13-36(42(30)52)57-46(65)37(21-22-40(54)63)58-48(67)39-23-33-12-6-11-31-19-20-35(53)49(68)61(39)43(31)33;/h6-7,9,11-13,15-18,26-27,34-35,37-39,45,62H,8,10,14,19-25,53H2,1-5H3,(H2,54,63)(H,56,66)(H,57,65)(H,58,67)(H,59,64);1H/t27-,34+,35-,37?,38-,39-,45+;/m0./s1. The average molecular weight is 1030 g/mol. The van der Waals surface area contributed by atoms with Gasteiger partial charge in [-0.15, -0.1) is 23.7 Å². The third kappa shape index (κ3) is 12.6. The fourth-order valence-corrected chi connectivity index (χ4v) is 10.5. The van der Waals surface area contributed by atoms with Crippen LogP contribution < -0.4 is 37.6 Å². The molecule has 0 radical (unpaired) electrons. The monoisotopic (exact) mass is 1030 g/mol. The lowest BCUT2D eigenvalue weighted by molar-refractivity contribution is -0.144. The van der Waals surface area contributed by atoms with Gasteiger partial charge in [0.2, 0.25) is 41.4 Å². The van der Waals surface area contributed by atoms with Crippen LogP contribution in [-0.2, 0) is 52.8 Å². The SMILES string of the molecule is Cc1ncsc1-c1ccc([C@H](C)NC(=O)[C@@H]2C[C@@H](O)CN2C(=O)[C@@H](NC(=O)CCCc2cccc(NC(=O)C(CCC(N)=O)NC(=O)[C@@H]3Cc4cccc5c4N3C(=O)[C@@H](N)CC5)c2Cl)C(C)(C)C)cc1.Cl. The molecule has 7 atom stereocenters. The second-order valence-electron chi connectivity index (χ2n) is 19.6. The van der Waals surface area contributed by atoms with E-state index in [-0.39, 0.29) is 73.7 Å².